The summed E-state index contributed by atoms with van der Waals surface area (Å²) in [5.41, 5.74) is 5.66. The van der Waals surface area contributed by atoms with Crippen LogP contribution in [0, 0.1) is 0 Å². The van der Waals surface area contributed by atoms with Crippen LogP contribution in [0.4, 0.5) is 0 Å². The number of amides is 1. The highest BCUT2D eigenvalue weighted by molar-refractivity contribution is 5.92. The van der Waals surface area contributed by atoms with Gasteiger partial charge in [-0.15, -0.1) is 5.10 Å². The minimum Gasteiger partial charge on any atom is -0.391 e. The van der Waals surface area contributed by atoms with Crippen molar-refractivity contribution in [2.24, 2.45) is 5.73 Å². The number of aromatic nitrogens is 3. The van der Waals surface area contributed by atoms with Gasteiger partial charge in [0.15, 0.2) is 5.69 Å². The van der Waals surface area contributed by atoms with Crippen LogP contribution in [0.25, 0.3) is 0 Å². The van der Waals surface area contributed by atoms with Crippen molar-refractivity contribution in [3.05, 3.63) is 11.9 Å². The number of aliphatic hydroxyl groups is 1. The minimum atomic E-state index is -0.457. The van der Waals surface area contributed by atoms with E-state index in [1.807, 2.05) is 0 Å². The lowest BCUT2D eigenvalue weighted by molar-refractivity contribution is 0.0713. The fraction of sp³-hybridized carbons (Fsp3) is 0.727. The number of carbonyl (C=O) groups is 1. The van der Waals surface area contributed by atoms with E-state index >= 15 is 0 Å². The molecule has 1 aliphatic rings. The predicted octanol–water partition coefficient (Wildman–Crippen LogP) is -0.730. The zero-order valence-corrected chi connectivity index (χ0v) is 10.2. The molecule has 1 aliphatic carbocycles. The number of rotatable bonds is 4. The molecule has 7 nitrogen and oxygen atoms in total. The Labute approximate surface area is 105 Å². The first-order valence-corrected chi connectivity index (χ1v) is 6.30. The van der Waals surface area contributed by atoms with Crippen molar-refractivity contribution in [2.45, 2.75) is 44.4 Å². The molecule has 1 saturated carbocycles. The maximum atomic E-state index is 11.9. The highest BCUT2D eigenvalue weighted by atomic mass is 16.3. The number of aliphatic hydroxyl groups excluding tert-OH is 1. The molecule has 0 unspecified atom stereocenters. The second-order valence-electron chi connectivity index (χ2n) is 4.59. The van der Waals surface area contributed by atoms with Crippen LogP contribution in [0.3, 0.4) is 0 Å². The summed E-state index contributed by atoms with van der Waals surface area (Å²) in [6, 6.07) is -0.175. The van der Waals surface area contributed by atoms with Gasteiger partial charge in [-0.1, -0.05) is 18.1 Å². The number of nitrogens with two attached hydrogens (primary N) is 1. The van der Waals surface area contributed by atoms with Crippen LogP contribution in [-0.2, 0) is 6.54 Å². The Balaban J connectivity index is 1.93. The third-order valence-corrected chi connectivity index (χ3v) is 3.18. The van der Waals surface area contributed by atoms with Crippen molar-refractivity contribution < 1.29 is 9.90 Å². The van der Waals surface area contributed by atoms with Crippen LogP contribution >= 0.6 is 0 Å². The Morgan fingerprint density at radius 3 is 3.06 bits per heavy atom. The van der Waals surface area contributed by atoms with Crippen LogP contribution in [-0.4, -0.2) is 44.7 Å². The molecule has 0 aromatic carbocycles. The Morgan fingerprint density at radius 2 is 2.33 bits per heavy atom. The first kappa shape index (κ1) is 13.0. The standard InChI is InChI=1S/C11H19N5O2/c12-5-6-16-7-9(14-15-16)11(18)13-8-3-1-2-4-10(8)17/h7-8,10,17H,1-6,12H2,(H,13,18)/t8-,10-/m1/s1. The lowest BCUT2D eigenvalue weighted by atomic mass is 9.92. The van der Waals surface area contributed by atoms with E-state index in [4.69, 9.17) is 5.73 Å². The van der Waals surface area contributed by atoms with E-state index in [0.29, 0.717) is 13.1 Å². The van der Waals surface area contributed by atoms with E-state index in [2.05, 4.69) is 15.6 Å². The van der Waals surface area contributed by atoms with Crippen LogP contribution in [0.5, 0.6) is 0 Å². The predicted molar refractivity (Wildman–Crippen MR) is 64.8 cm³/mol. The molecule has 1 heterocycles. The third-order valence-electron chi connectivity index (χ3n) is 3.18. The zero-order chi connectivity index (χ0) is 13.0. The lowest BCUT2D eigenvalue weighted by Crippen LogP contribution is -2.45. The molecule has 1 aromatic heterocycles. The Hall–Kier alpha value is -1.47. The number of nitrogens with zero attached hydrogens (tertiary/aromatic N) is 3. The summed E-state index contributed by atoms with van der Waals surface area (Å²) in [7, 11) is 0. The number of carbonyl (C=O) groups excluding carboxylic acids is 1. The number of hydrogen-bond acceptors (Lipinski definition) is 5. The lowest BCUT2D eigenvalue weighted by Gasteiger charge is -2.27. The van der Waals surface area contributed by atoms with Gasteiger partial charge < -0.3 is 16.2 Å². The first-order valence-electron chi connectivity index (χ1n) is 6.30. The van der Waals surface area contributed by atoms with Crippen molar-refractivity contribution in [3.8, 4) is 0 Å². The molecule has 1 amide bonds. The first-order chi connectivity index (χ1) is 8.70. The average Bonchev–Trinajstić information content (AvgIpc) is 2.81. The van der Waals surface area contributed by atoms with Gasteiger partial charge >= 0.3 is 0 Å². The molecule has 2 rings (SSSR count). The highest BCUT2D eigenvalue weighted by Crippen LogP contribution is 2.18. The molecule has 18 heavy (non-hydrogen) atoms. The molecule has 1 fully saturated rings. The smallest absolute Gasteiger partial charge is 0.273 e. The maximum absolute atomic E-state index is 11.9. The average molecular weight is 253 g/mol. The summed E-state index contributed by atoms with van der Waals surface area (Å²) in [4.78, 5) is 11.9. The van der Waals surface area contributed by atoms with Gasteiger partial charge in [0.05, 0.1) is 24.9 Å². The van der Waals surface area contributed by atoms with Gasteiger partial charge in [-0.3, -0.25) is 9.48 Å². The van der Waals surface area contributed by atoms with Gasteiger partial charge in [-0.2, -0.15) is 0 Å². The Kier molecular flexibility index (Phi) is 4.27. The van der Waals surface area contributed by atoms with E-state index in [-0.39, 0.29) is 17.6 Å². The van der Waals surface area contributed by atoms with Gasteiger partial charge in [-0.25, -0.2) is 0 Å². The van der Waals surface area contributed by atoms with Gasteiger partial charge in [-0.05, 0) is 12.8 Å². The van der Waals surface area contributed by atoms with Crippen molar-refractivity contribution >= 4 is 5.91 Å². The molecule has 2 atom stereocenters. The summed E-state index contributed by atoms with van der Waals surface area (Å²) in [5, 5.41) is 20.2. The van der Waals surface area contributed by atoms with E-state index in [1.165, 1.54) is 4.68 Å². The fourth-order valence-electron chi connectivity index (χ4n) is 2.17. The summed E-state index contributed by atoms with van der Waals surface area (Å²) in [5.74, 6) is -0.288. The minimum absolute atomic E-state index is 0.175. The topological polar surface area (TPSA) is 106 Å². The number of nitrogens with one attached hydrogen (secondary N) is 1. The highest BCUT2D eigenvalue weighted by Gasteiger charge is 2.25. The van der Waals surface area contributed by atoms with E-state index in [9.17, 15) is 9.90 Å². The third kappa shape index (κ3) is 3.05. The molecule has 7 heteroatoms. The molecular weight excluding hydrogens is 234 g/mol. The molecule has 100 valence electrons. The number of hydrogen-bond donors (Lipinski definition) is 3. The van der Waals surface area contributed by atoms with Crippen LogP contribution in [0.1, 0.15) is 36.2 Å². The summed E-state index contributed by atoms with van der Waals surface area (Å²) in [6.45, 7) is 0.984. The molecule has 0 spiro atoms. The molecule has 1 aromatic rings. The van der Waals surface area contributed by atoms with Crippen LogP contribution in [0.2, 0.25) is 0 Å². The summed E-state index contributed by atoms with van der Waals surface area (Å²) >= 11 is 0. The zero-order valence-electron chi connectivity index (χ0n) is 10.2. The van der Waals surface area contributed by atoms with Gasteiger partial charge in [0.25, 0.3) is 5.91 Å². The normalized spacial score (nSPS) is 23.9. The molecule has 0 radical (unpaired) electrons. The monoisotopic (exact) mass is 253 g/mol. The Morgan fingerprint density at radius 1 is 1.56 bits per heavy atom. The second-order valence-corrected chi connectivity index (χ2v) is 4.59. The van der Waals surface area contributed by atoms with Crippen molar-refractivity contribution in [1.82, 2.24) is 20.3 Å². The van der Waals surface area contributed by atoms with Crippen molar-refractivity contribution in [3.63, 3.8) is 0 Å². The molecule has 0 aliphatic heterocycles. The van der Waals surface area contributed by atoms with Crippen LogP contribution in [0.15, 0.2) is 6.20 Å². The van der Waals surface area contributed by atoms with Crippen molar-refractivity contribution in [2.75, 3.05) is 6.54 Å². The van der Waals surface area contributed by atoms with E-state index < -0.39 is 6.10 Å². The second kappa shape index (κ2) is 5.92. The maximum Gasteiger partial charge on any atom is 0.273 e. The molecular formula is C11H19N5O2. The summed E-state index contributed by atoms with van der Waals surface area (Å²) in [6.07, 6.45) is 4.70. The van der Waals surface area contributed by atoms with Crippen molar-refractivity contribution in [1.29, 1.82) is 0 Å². The fourth-order valence-corrected chi connectivity index (χ4v) is 2.17. The largest absolute Gasteiger partial charge is 0.391 e. The molecule has 0 saturated heterocycles. The van der Waals surface area contributed by atoms with Crippen LogP contribution < -0.4 is 11.1 Å². The quantitative estimate of drug-likeness (QED) is 0.656. The Bertz CT molecular complexity index is 406. The van der Waals surface area contributed by atoms with Gasteiger partial charge in [0, 0.05) is 6.54 Å². The summed E-state index contributed by atoms with van der Waals surface area (Å²) < 4.78 is 1.53. The molecule has 4 N–H and O–H groups in total. The molecule has 0 bridgehead atoms. The van der Waals surface area contributed by atoms with Gasteiger partial charge in [0.1, 0.15) is 0 Å². The van der Waals surface area contributed by atoms with Gasteiger partial charge in [0.2, 0.25) is 0 Å². The van der Waals surface area contributed by atoms with E-state index in [0.717, 1.165) is 25.7 Å². The van der Waals surface area contributed by atoms with E-state index in [1.54, 1.807) is 6.20 Å². The SMILES string of the molecule is NCCn1cc(C(=O)N[C@@H]2CCCC[C@H]2O)nn1.